The maximum absolute atomic E-state index is 12.8. The van der Waals surface area contributed by atoms with E-state index in [4.69, 9.17) is 9.26 Å². The quantitative estimate of drug-likeness (QED) is 0.582. The first-order valence-electron chi connectivity index (χ1n) is 10.8. The zero-order chi connectivity index (χ0) is 21.5. The van der Waals surface area contributed by atoms with Gasteiger partial charge >= 0.3 is 0 Å². The molecule has 1 aromatic heterocycles. The highest BCUT2D eigenvalue weighted by molar-refractivity contribution is 5.78. The molecule has 0 saturated carbocycles. The second-order valence-corrected chi connectivity index (χ2v) is 8.03. The van der Waals surface area contributed by atoms with Gasteiger partial charge in [0.15, 0.2) is 0 Å². The van der Waals surface area contributed by atoms with Gasteiger partial charge in [-0.05, 0) is 36.6 Å². The summed E-state index contributed by atoms with van der Waals surface area (Å²) >= 11 is 0. The van der Waals surface area contributed by atoms with E-state index in [1.54, 1.807) is 0 Å². The summed E-state index contributed by atoms with van der Waals surface area (Å²) in [6.45, 7) is 6.56. The number of hydrogen-bond acceptors (Lipinski definition) is 5. The number of amides is 1. The predicted octanol–water partition coefficient (Wildman–Crippen LogP) is 3.84. The molecule has 6 nitrogen and oxygen atoms in total. The third kappa shape index (κ3) is 6.18. The van der Waals surface area contributed by atoms with E-state index in [2.05, 4.69) is 10.1 Å². The largest absolute Gasteiger partial charge is 0.489 e. The summed E-state index contributed by atoms with van der Waals surface area (Å²) in [5.41, 5.74) is 3.10. The van der Waals surface area contributed by atoms with Crippen LogP contribution in [0.25, 0.3) is 0 Å². The molecule has 0 N–H and O–H groups in total. The maximum atomic E-state index is 12.8. The topological polar surface area (TPSA) is 58.8 Å². The van der Waals surface area contributed by atoms with Crippen molar-refractivity contribution in [1.82, 2.24) is 15.0 Å². The lowest BCUT2D eigenvalue weighted by Gasteiger charge is -2.21. The average Bonchev–Trinajstić information content (AvgIpc) is 3.05. The van der Waals surface area contributed by atoms with Gasteiger partial charge in [-0.1, -0.05) is 47.6 Å². The van der Waals surface area contributed by atoms with Gasteiger partial charge in [-0.15, -0.1) is 0 Å². The molecule has 0 radical (unpaired) electrons. The van der Waals surface area contributed by atoms with E-state index in [1.807, 2.05) is 72.5 Å². The maximum Gasteiger partial charge on any atom is 0.227 e. The Balaban J connectivity index is 1.25. The number of carbonyl (C=O) groups is 1. The smallest absolute Gasteiger partial charge is 0.227 e. The monoisotopic (exact) mass is 419 g/mol. The van der Waals surface area contributed by atoms with Gasteiger partial charge < -0.3 is 14.2 Å². The summed E-state index contributed by atoms with van der Waals surface area (Å²) in [6, 6.07) is 19.9. The lowest BCUT2D eigenvalue weighted by atomic mass is 10.1. The second kappa shape index (κ2) is 10.3. The SMILES string of the molecule is Cc1cc(CN2CCCN(C(=O)Cc3ccc(OCc4ccccc4)cc3)CC2)no1. The minimum atomic E-state index is 0.178. The average molecular weight is 420 g/mol. The molecule has 6 heteroatoms. The summed E-state index contributed by atoms with van der Waals surface area (Å²) in [4.78, 5) is 17.1. The van der Waals surface area contributed by atoms with E-state index in [0.29, 0.717) is 13.0 Å². The van der Waals surface area contributed by atoms with E-state index in [0.717, 1.165) is 67.5 Å². The number of benzene rings is 2. The summed E-state index contributed by atoms with van der Waals surface area (Å²) in [6.07, 6.45) is 1.39. The van der Waals surface area contributed by atoms with Crippen LogP contribution >= 0.6 is 0 Å². The van der Waals surface area contributed by atoms with Crippen LogP contribution in [0.5, 0.6) is 5.75 Å². The molecule has 162 valence electrons. The predicted molar refractivity (Wildman–Crippen MR) is 119 cm³/mol. The molecule has 0 bridgehead atoms. The molecule has 31 heavy (non-hydrogen) atoms. The second-order valence-electron chi connectivity index (χ2n) is 8.03. The van der Waals surface area contributed by atoms with Gasteiger partial charge in [0.1, 0.15) is 18.1 Å². The molecule has 1 aliphatic rings. The van der Waals surface area contributed by atoms with E-state index >= 15 is 0 Å². The van der Waals surface area contributed by atoms with Crippen molar-refractivity contribution in [3.63, 3.8) is 0 Å². The molecule has 3 aromatic rings. The van der Waals surface area contributed by atoms with Crippen LogP contribution in [0.2, 0.25) is 0 Å². The number of ether oxygens (including phenoxy) is 1. The highest BCUT2D eigenvalue weighted by Gasteiger charge is 2.20. The van der Waals surface area contributed by atoms with Crippen LogP contribution in [0, 0.1) is 6.92 Å². The van der Waals surface area contributed by atoms with E-state index in [1.165, 1.54) is 0 Å². The standard InChI is InChI=1S/C25H29N3O3/c1-20-16-23(26-31-20)18-27-12-5-13-28(15-14-27)25(29)17-21-8-10-24(11-9-21)30-19-22-6-3-2-4-7-22/h2-4,6-11,16H,5,12-15,17-19H2,1H3. The van der Waals surface area contributed by atoms with Gasteiger partial charge in [0.25, 0.3) is 0 Å². The first-order valence-corrected chi connectivity index (χ1v) is 10.8. The molecule has 1 saturated heterocycles. The minimum absolute atomic E-state index is 0.178. The Hall–Kier alpha value is -3.12. The number of carbonyl (C=O) groups excluding carboxylic acids is 1. The van der Waals surface area contributed by atoms with Crippen LogP contribution in [0.1, 0.15) is 29.0 Å². The van der Waals surface area contributed by atoms with Crippen molar-refractivity contribution in [3.8, 4) is 5.75 Å². The van der Waals surface area contributed by atoms with Gasteiger partial charge in [-0.3, -0.25) is 9.69 Å². The number of nitrogens with zero attached hydrogens (tertiary/aromatic N) is 3. The molecule has 1 amide bonds. The normalized spacial score (nSPS) is 14.9. The van der Waals surface area contributed by atoms with Crippen LogP contribution in [-0.2, 0) is 24.4 Å². The molecule has 1 aliphatic heterocycles. The van der Waals surface area contributed by atoms with Crippen LogP contribution in [0.15, 0.2) is 65.2 Å². The molecule has 2 aromatic carbocycles. The van der Waals surface area contributed by atoms with Crippen molar-refractivity contribution in [1.29, 1.82) is 0 Å². The van der Waals surface area contributed by atoms with Crippen molar-refractivity contribution in [2.75, 3.05) is 26.2 Å². The van der Waals surface area contributed by atoms with E-state index in [-0.39, 0.29) is 5.91 Å². The molecular formula is C25H29N3O3. The van der Waals surface area contributed by atoms with Crippen LogP contribution in [0.4, 0.5) is 0 Å². The van der Waals surface area contributed by atoms with Gasteiger partial charge in [-0.25, -0.2) is 0 Å². The Labute approximate surface area is 183 Å². The minimum Gasteiger partial charge on any atom is -0.489 e. The summed E-state index contributed by atoms with van der Waals surface area (Å²) < 4.78 is 11.0. The highest BCUT2D eigenvalue weighted by atomic mass is 16.5. The fourth-order valence-electron chi connectivity index (χ4n) is 3.83. The Morgan fingerprint density at radius 2 is 1.81 bits per heavy atom. The van der Waals surface area contributed by atoms with Crippen molar-refractivity contribution in [3.05, 3.63) is 83.2 Å². The fourth-order valence-corrected chi connectivity index (χ4v) is 3.83. The molecule has 0 aliphatic carbocycles. The van der Waals surface area contributed by atoms with Gasteiger partial charge in [-0.2, -0.15) is 0 Å². The molecule has 0 unspecified atom stereocenters. The van der Waals surface area contributed by atoms with Crippen molar-refractivity contribution >= 4 is 5.91 Å². The van der Waals surface area contributed by atoms with E-state index in [9.17, 15) is 4.79 Å². The highest BCUT2D eigenvalue weighted by Crippen LogP contribution is 2.16. The summed E-state index contributed by atoms with van der Waals surface area (Å²) in [5, 5.41) is 4.08. The number of hydrogen-bond donors (Lipinski definition) is 0. The Morgan fingerprint density at radius 1 is 1.00 bits per heavy atom. The number of aryl methyl sites for hydroxylation is 1. The van der Waals surface area contributed by atoms with Crippen LogP contribution < -0.4 is 4.74 Å². The van der Waals surface area contributed by atoms with Crippen LogP contribution in [-0.4, -0.2) is 47.0 Å². The first kappa shape index (κ1) is 21.1. The van der Waals surface area contributed by atoms with Gasteiger partial charge in [0.2, 0.25) is 5.91 Å². The van der Waals surface area contributed by atoms with Gasteiger partial charge in [0, 0.05) is 38.8 Å². The zero-order valence-electron chi connectivity index (χ0n) is 18.0. The van der Waals surface area contributed by atoms with Crippen molar-refractivity contribution < 1.29 is 14.1 Å². The van der Waals surface area contributed by atoms with Crippen molar-refractivity contribution in [2.45, 2.75) is 32.9 Å². The Morgan fingerprint density at radius 3 is 2.55 bits per heavy atom. The fraction of sp³-hybridized carbons (Fsp3) is 0.360. The third-order valence-electron chi connectivity index (χ3n) is 5.53. The number of rotatable bonds is 7. The summed E-state index contributed by atoms with van der Waals surface area (Å²) in [7, 11) is 0. The lowest BCUT2D eigenvalue weighted by molar-refractivity contribution is -0.130. The molecule has 4 rings (SSSR count). The Kier molecular flexibility index (Phi) is 6.99. The molecule has 2 heterocycles. The van der Waals surface area contributed by atoms with E-state index < -0.39 is 0 Å². The molecule has 1 fully saturated rings. The molecule has 0 atom stereocenters. The molecular weight excluding hydrogens is 390 g/mol. The first-order chi connectivity index (χ1) is 15.2. The molecule has 0 spiro atoms. The third-order valence-corrected chi connectivity index (χ3v) is 5.53. The zero-order valence-corrected chi connectivity index (χ0v) is 18.0. The van der Waals surface area contributed by atoms with Crippen molar-refractivity contribution in [2.24, 2.45) is 0 Å². The number of aromatic nitrogens is 1. The Bertz CT molecular complexity index is 969. The lowest BCUT2D eigenvalue weighted by Crippen LogP contribution is -2.36. The van der Waals surface area contributed by atoms with Crippen LogP contribution in [0.3, 0.4) is 0 Å². The summed E-state index contributed by atoms with van der Waals surface area (Å²) in [5.74, 6) is 1.82. The van der Waals surface area contributed by atoms with Gasteiger partial charge in [0.05, 0.1) is 12.1 Å².